The van der Waals surface area contributed by atoms with Crippen LogP contribution in [0.1, 0.15) is 37.0 Å². The Labute approximate surface area is 157 Å². The molecule has 0 unspecified atom stereocenters. The minimum absolute atomic E-state index is 0.0554. The Balaban J connectivity index is 2.24. The van der Waals surface area contributed by atoms with Crippen molar-refractivity contribution < 1.29 is 23.5 Å². The third-order valence-corrected chi connectivity index (χ3v) is 3.73. The second-order valence-electron chi connectivity index (χ2n) is 5.89. The molecular formula is C20H23FN2O4. The molecule has 2 rings (SSSR count). The Morgan fingerprint density at radius 3 is 2.52 bits per heavy atom. The Hall–Kier alpha value is -3.09. The van der Waals surface area contributed by atoms with Gasteiger partial charge in [0.1, 0.15) is 17.3 Å². The van der Waals surface area contributed by atoms with E-state index in [0.29, 0.717) is 23.8 Å². The van der Waals surface area contributed by atoms with Crippen LogP contribution in [-0.4, -0.2) is 25.5 Å². The third-order valence-electron chi connectivity index (χ3n) is 3.73. The van der Waals surface area contributed by atoms with Gasteiger partial charge in [-0.05, 0) is 36.8 Å². The van der Waals surface area contributed by atoms with Crippen molar-refractivity contribution in [3.63, 3.8) is 0 Å². The summed E-state index contributed by atoms with van der Waals surface area (Å²) in [5, 5.41) is 5.11. The number of rotatable bonds is 8. The molecule has 0 spiro atoms. The summed E-state index contributed by atoms with van der Waals surface area (Å²) in [4.78, 5) is 23.8. The Bertz CT molecular complexity index is 824. The monoisotopic (exact) mass is 374 g/mol. The summed E-state index contributed by atoms with van der Waals surface area (Å²) in [7, 11) is 1.53. The lowest BCUT2D eigenvalue weighted by Crippen LogP contribution is -2.15. The summed E-state index contributed by atoms with van der Waals surface area (Å²) in [6.07, 6.45) is 1.87. The van der Waals surface area contributed by atoms with Gasteiger partial charge < -0.3 is 20.1 Å². The molecular weight excluding hydrogens is 351 g/mol. The van der Waals surface area contributed by atoms with Crippen molar-refractivity contribution in [2.75, 3.05) is 24.4 Å². The molecule has 0 aromatic heterocycles. The van der Waals surface area contributed by atoms with Crippen LogP contribution >= 0.6 is 0 Å². The second kappa shape index (κ2) is 9.56. The van der Waals surface area contributed by atoms with Gasteiger partial charge >= 0.3 is 0 Å². The molecule has 2 aromatic carbocycles. The molecule has 27 heavy (non-hydrogen) atoms. The van der Waals surface area contributed by atoms with Gasteiger partial charge in [0.2, 0.25) is 5.91 Å². The first-order chi connectivity index (χ1) is 12.9. The number of methoxy groups -OCH3 is 1. The van der Waals surface area contributed by atoms with E-state index in [1.54, 1.807) is 18.2 Å². The fourth-order valence-corrected chi connectivity index (χ4v) is 2.33. The average Bonchev–Trinajstić information content (AvgIpc) is 2.64. The molecule has 0 saturated carbocycles. The molecule has 2 N–H and O–H groups in total. The largest absolute Gasteiger partial charge is 0.497 e. The van der Waals surface area contributed by atoms with Gasteiger partial charge in [-0.3, -0.25) is 9.59 Å². The molecule has 2 amide bonds. The van der Waals surface area contributed by atoms with Crippen molar-refractivity contribution in [3.8, 4) is 11.5 Å². The predicted molar refractivity (Wildman–Crippen MR) is 102 cm³/mol. The van der Waals surface area contributed by atoms with E-state index in [1.165, 1.54) is 26.2 Å². The molecule has 144 valence electrons. The number of hydrogen-bond acceptors (Lipinski definition) is 4. The second-order valence-corrected chi connectivity index (χ2v) is 5.89. The van der Waals surface area contributed by atoms with Crippen LogP contribution in [0.3, 0.4) is 0 Å². The number of unbranched alkanes of at least 4 members (excludes halogenated alkanes) is 1. The number of anilines is 2. The van der Waals surface area contributed by atoms with E-state index in [4.69, 9.17) is 9.47 Å². The van der Waals surface area contributed by atoms with Crippen molar-refractivity contribution in [3.05, 3.63) is 47.8 Å². The van der Waals surface area contributed by atoms with Crippen LogP contribution in [0, 0.1) is 5.82 Å². The van der Waals surface area contributed by atoms with Gasteiger partial charge in [-0.15, -0.1) is 0 Å². The number of benzene rings is 2. The minimum Gasteiger partial charge on any atom is -0.497 e. The molecule has 7 heteroatoms. The normalized spacial score (nSPS) is 10.2. The number of carbonyl (C=O) groups excluding carboxylic acids is 2. The maximum Gasteiger partial charge on any atom is 0.255 e. The molecule has 0 radical (unpaired) electrons. The van der Waals surface area contributed by atoms with Crippen molar-refractivity contribution in [2.45, 2.75) is 26.7 Å². The molecule has 0 aliphatic rings. The van der Waals surface area contributed by atoms with Gasteiger partial charge in [0.25, 0.3) is 5.91 Å². The van der Waals surface area contributed by atoms with Crippen molar-refractivity contribution in [2.24, 2.45) is 0 Å². The number of ether oxygens (including phenoxy) is 2. The van der Waals surface area contributed by atoms with Crippen molar-refractivity contribution >= 4 is 23.2 Å². The molecule has 0 fully saturated rings. The first-order valence-electron chi connectivity index (χ1n) is 8.64. The third kappa shape index (κ3) is 5.70. The maximum absolute atomic E-state index is 13.8. The Kier molecular flexibility index (Phi) is 7.16. The van der Waals surface area contributed by atoms with Gasteiger partial charge in [-0.1, -0.05) is 13.3 Å². The van der Waals surface area contributed by atoms with E-state index >= 15 is 0 Å². The highest BCUT2D eigenvalue weighted by molar-refractivity contribution is 6.06. The predicted octanol–water partition coefficient (Wildman–Crippen LogP) is 4.22. The van der Waals surface area contributed by atoms with Gasteiger partial charge in [-0.2, -0.15) is 0 Å². The number of halogens is 1. The maximum atomic E-state index is 13.8. The first-order valence-corrected chi connectivity index (χ1v) is 8.64. The zero-order chi connectivity index (χ0) is 19.8. The highest BCUT2D eigenvalue weighted by Gasteiger charge is 2.14. The number of nitrogens with one attached hydrogen (secondary N) is 2. The van der Waals surface area contributed by atoms with Gasteiger partial charge in [0.05, 0.1) is 25.1 Å². The molecule has 0 atom stereocenters. The van der Waals surface area contributed by atoms with E-state index in [-0.39, 0.29) is 11.3 Å². The number of hydrogen-bond donors (Lipinski definition) is 2. The van der Waals surface area contributed by atoms with E-state index in [9.17, 15) is 14.0 Å². The highest BCUT2D eigenvalue weighted by atomic mass is 19.1. The van der Waals surface area contributed by atoms with Crippen LogP contribution in [0.4, 0.5) is 15.8 Å². The van der Waals surface area contributed by atoms with E-state index < -0.39 is 17.6 Å². The summed E-state index contributed by atoms with van der Waals surface area (Å²) in [5.74, 6) is -0.430. The Morgan fingerprint density at radius 2 is 1.85 bits per heavy atom. The summed E-state index contributed by atoms with van der Waals surface area (Å²) in [6, 6.07) is 8.86. The zero-order valence-corrected chi connectivity index (χ0v) is 15.6. The van der Waals surface area contributed by atoms with Crippen LogP contribution in [0.2, 0.25) is 0 Å². The summed E-state index contributed by atoms with van der Waals surface area (Å²) in [6.45, 7) is 3.85. The topological polar surface area (TPSA) is 76.7 Å². The van der Waals surface area contributed by atoms with Gasteiger partial charge in [0.15, 0.2) is 0 Å². The van der Waals surface area contributed by atoms with Crippen LogP contribution in [-0.2, 0) is 4.79 Å². The molecule has 0 aliphatic heterocycles. The van der Waals surface area contributed by atoms with Crippen LogP contribution < -0.4 is 20.1 Å². The molecule has 0 saturated heterocycles. The first kappa shape index (κ1) is 20.2. The van der Waals surface area contributed by atoms with Gasteiger partial charge in [-0.25, -0.2) is 4.39 Å². The lowest BCUT2D eigenvalue weighted by atomic mass is 10.1. The Morgan fingerprint density at radius 1 is 1.07 bits per heavy atom. The van der Waals surface area contributed by atoms with E-state index in [2.05, 4.69) is 17.6 Å². The SMILES string of the molecule is CCCCOc1ccc(OC)cc1NC(=O)c1ccc(F)c(NC(C)=O)c1. The van der Waals surface area contributed by atoms with Crippen molar-refractivity contribution in [1.29, 1.82) is 0 Å². The lowest BCUT2D eigenvalue weighted by molar-refractivity contribution is -0.114. The molecule has 0 heterocycles. The smallest absolute Gasteiger partial charge is 0.255 e. The molecule has 2 aromatic rings. The minimum atomic E-state index is -0.619. The van der Waals surface area contributed by atoms with Crippen LogP contribution in [0.25, 0.3) is 0 Å². The fourth-order valence-electron chi connectivity index (χ4n) is 2.33. The zero-order valence-electron chi connectivity index (χ0n) is 15.6. The number of amides is 2. The van der Waals surface area contributed by atoms with Crippen molar-refractivity contribution in [1.82, 2.24) is 0 Å². The van der Waals surface area contributed by atoms with E-state index in [1.807, 2.05) is 0 Å². The fraction of sp³-hybridized carbons (Fsp3) is 0.300. The molecule has 0 bridgehead atoms. The van der Waals surface area contributed by atoms with E-state index in [0.717, 1.165) is 18.9 Å². The highest BCUT2D eigenvalue weighted by Crippen LogP contribution is 2.30. The molecule has 0 aliphatic carbocycles. The quantitative estimate of drug-likeness (QED) is 0.678. The lowest BCUT2D eigenvalue weighted by Gasteiger charge is -2.14. The average molecular weight is 374 g/mol. The standard InChI is InChI=1S/C20H23FN2O4/c1-4-5-10-27-19-9-7-15(26-3)12-18(19)23-20(25)14-6-8-16(21)17(11-14)22-13(2)24/h6-9,11-12H,4-5,10H2,1-3H3,(H,22,24)(H,23,25). The van der Waals surface area contributed by atoms with Crippen LogP contribution in [0.15, 0.2) is 36.4 Å². The summed E-state index contributed by atoms with van der Waals surface area (Å²) in [5.41, 5.74) is 0.587. The van der Waals surface area contributed by atoms with Crippen LogP contribution in [0.5, 0.6) is 11.5 Å². The summed E-state index contributed by atoms with van der Waals surface area (Å²) >= 11 is 0. The summed E-state index contributed by atoms with van der Waals surface area (Å²) < 4.78 is 24.7. The van der Waals surface area contributed by atoms with Gasteiger partial charge in [0, 0.05) is 18.6 Å². The number of carbonyl (C=O) groups is 2. The molecule has 6 nitrogen and oxygen atoms in total.